The van der Waals surface area contributed by atoms with E-state index >= 15 is 0 Å². The van der Waals surface area contributed by atoms with Gasteiger partial charge in [-0.2, -0.15) is 0 Å². The molecule has 34 heavy (non-hydrogen) atoms. The molecule has 2 atom stereocenters. The average Bonchev–Trinajstić information content (AvgIpc) is 3.11. The summed E-state index contributed by atoms with van der Waals surface area (Å²) < 4.78 is 6.26. The fourth-order valence-corrected chi connectivity index (χ4v) is 5.56. The van der Waals surface area contributed by atoms with Gasteiger partial charge in [-0.15, -0.1) is 0 Å². The van der Waals surface area contributed by atoms with Gasteiger partial charge < -0.3 is 14.5 Å². The van der Waals surface area contributed by atoms with Crippen LogP contribution in [0.25, 0.3) is 0 Å². The number of Topliss-reactive ketones (excluding diaryl/α,β-unsaturated/α-hetero) is 1. The maximum absolute atomic E-state index is 13.6. The number of aromatic nitrogens is 1. The van der Waals surface area contributed by atoms with Gasteiger partial charge in [-0.3, -0.25) is 19.4 Å². The van der Waals surface area contributed by atoms with Crippen molar-refractivity contribution >= 4 is 17.6 Å². The first-order valence-corrected chi connectivity index (χ1v) is 12.3. The van der Waals surface area contributed by atoms with E-state index in [1.807, 2.05) is 35.2 Å². The third-order valence-electron chi connectivity index (χ3n) is 7.33. The molecule has 2 amide bonds. The van der Waals surface area contributed by atoms with Crippen molar-refractivity contribution in [2.24, 2.45) is 0 Å². The molecule has 0 radical (unpaired) electrons. The molecule has 1 saturated heterocycles. The quantitative estimate of drug-likeness (QED) is 0.682. The first-order chi connectivity index (χ1) is 16.6. The van der Waals surface area contributed by atoms with Gasteiger partial charge in [0, 0.05) is 43.5 Å². The molecule has 2 aromatic rings. The van der Waals surface area contributed by atoms with Crippen LogP contribution in [-0.4, -0.2) is 64.2 Å². The number of fused-ring (bicyclic) bond motifs is 1. The molecule has 0 bridgehead atoms. The maximum atomic E-state index is 13.6. The van der Waals surface area contributed by atoms with E-state index in [0.717, 1.165) is 36.8 Å². The first kappa shape index (κ1) is 22.7. The zero-order valence-electron chi connectivity index (χ0n) is 19.4. The number of nitrogens with zero attached hydrogens (tertiary/aromatic N) is 3. The fraction of sp³-hybridized carbons (Fsp3) is 0.481. The highest BCUT2D eigenvalue weighted by Crippen LogP contribution is 2.35. The minimum atomic E-state index is -0.531. The van der Waals surface area contributed by atoms with Gasteiger partial charge in [0.2, 0.25) is 11.8 Å². The Bertz CT molecular complexity index is 1050. The Labute approximate surface area is 200 Å². The minimum Gasteiger partial charge on any atom is -0.370 e. The second-order valence-corrected chi connectivity index (χ2v) is 9.62. The smallest absolute Gasteiger partial charge is 0.242 e. The molecule has 5 rings (SSSR count). The summed E-state index contributed by atoms with van der Waals surface area (Å²) >= 11 is 0. The largest absolute Gasteiger partial charge is 0.370 e. The van der Waals surface area contributed by atoms with Crippen LogP contribution in [0.2, 0.25) is 0 Å². The topological polar surface area (TPSA) is 79.8 Å². The van der Waals surface area contributed by atoms with E-state index < -0.39 is 5.92 Å². The van der Waals surface area contributed by atoms with Gasteiger partial charge in [0.15, 0.2) is 5.78 Å². The van der Waals surface area contributed by atoms with Crippen LogP contribution in [0.4, 0.5) is 0 Å². The van der Waals surface area contributed by atoms with Gasteiger partial charge in [-0.1, -0.05) is 49.6 Å². The van der Waals surface area contributed by atoms with Crippen molar-refractivity contribution in [1.29, 1.82) is 0 Å². The predicted molar refractivity (Wildman–Crippen MR) is 126 cm³/mol. The summed E-state index contributed by atoms with van der Waals surface area (Å²) in [6.45, 7) is 1.22. The van der Waals surface area contributed by atoms with Gasteiger partial charge in [-0.05, 0) is 30.0 Å². The fourth-order valence-electron chi connectivity index (χ4n) is 5.56. The van der Waals surface area contributed by atoms with Crippen molar-refractivity contribution in [1.82, 2.24) is 14.8 Å². The molecule has 0 N–H and O–H groups in total. The van der Waals surface area contributed by atoms with Gasteiger partial charge in [0.05, 0.1) is 25.2 Å². The SMILES string of the molecule is O=C1C[C@@H](C(=O)N2CC(=O)N(C3CCCCC3)C[C@H](OCc3cccnc3)C2)c2ccccc21. The van der Waals surface area contributed by atoms with E-state index in [1.165, 1.54) is 6.42 Å². The number of pyridine rings is 1. The van der Waals surface area contributed by atoms with Crippen LogP contribution < -0.4 is 0 Å². The Morgan fingerprint density at radius 3 is 2.65 bits per heavy atom. The summed E-state index contributed by atoms with van der Waals surface area (Å²) in [5.74, 6) is -0.725. The highest BCUT2D eigenvalue weighted by molar-refractivity contribution is 6.07. The summed E-state index contributed by atoms with van der Waals surface area (Å²) in [4.78, 5) is 47.2. The van der Waals surface area contributed by atoms with Crippen LogP contribution in [0.5, 0.6) is 0 Å². The number of hydrogen-bond acceptors (Lipinski definition) is 5. The predicted octanol–water partition coefficient (Wildman–Crippen LogP) is 3.34. The van der Waals surface area contributed by atoms with Crippen LogP contribution in [-0.2, 0) is 20.9 Å². The molecule has 3 aliphatic rings. The van der Waals surface area contributed by atoms with Crippen molar-refractivity contribution in [2.75, 3.05) is 19.6 Å². The number of rotatable bonds is 5. The van der Waals surface area contributed by atoms with Crippen molar-refractivity contribution in [3.05, 3.63) is 65.5 Å². The van der Waals surface area contributed by atoms with Gasteiger partial charge in [0.25, 0.3) is 0 Å². The Morgan fingerprint density at radius 2 is 1.85 bits per heavy atom. The molecule has 1 aromatic heterocycles. The lowest BCUT2D eigenvalue weighted by atomic mass is 9.94. The number of hydrogen-bond donors (Lipinski definition) is 0. The van der Waals surface area contributed by atoms with Crippen molar-refractivity contribution in [2.45, 2.75) is 63.2 Å². The molecule has 1 aliphatic heterocycles. The Morgan fingerprint density at radius 1 is 1.03 bits per heavy atom. The molecule has 7 heteroatoms. The molecule has 1 aromatic carbocycles. The van der Waals surface area contributed by atoms with Gasteiger partial charge >= 0.3 is 0 Å². The number of ketones is 1. The van der Waals surface area contributed by atoms with Gasteiger partial charge in [-0.25, -0.2) is 0 Å². The van der Waals surface area contributed by atoms with Crippen LogP contribution in [0.3, 0.4) is 0 Å². The van der Waals surface area contributed by atoms with Crippen LogP contribution in [0.15, 0.2) is 48.8 Å². The molecular formula is C27H31N3O4. The second-order valence-electron chi connectivity index (χ2n) is 9.62. The summed E-state index contributed by atoms with van der Waals surface area (Å²) in [7, 11) is 0. The third-order valence-corrected chi connectivity index (χ3v) is 7.33. The standard InChI is InChI=1S/C27H31N3O4/c31-25-13-24(22-10-4-5-11-23(22)25)27(33)29-15-21(34-18-19-7-6-12-28-14-19)16-30(26(32)17-29)20-8-2-1-3-9-20/h4-7,10-12,14,20-21,24H,1-3,8-9,13,15-18H2/t21-,24-/m1/s1. The Balaban J connectivity index is 1.37. The first-order valence-electron chi connectivity index (χ1n) is 12.3. The van der Waals surface area contributed by atoms with E-state index in [4.69, 9.17) is 4.74 Å². The molecule has 2 fully saturated rings. The second kappa shape index (κ2) is 10.1. The maximum Gasteiger partial charge on any atom is 0.242 e. The molecular weight excluding hydrogens is 430 g/mol. The highest BCUT2D eigenvalue weighted by atomic mass is 16.5. The zero-order chi connectivity index (χ0) is 23.5. The van der Waals surface area contributed by atoms with E-state index in [2.05, 4.69) is 4.98 Å². The van der Waals surface area contributed by atoms with Crippen LogP contribution in [0, 0.1) is 0 Å². The Kier molecular flexibility index (Phi) is 6.72. The minimum absolute atomic E-state index is 0.0108. The number of carbonyl (C=O) groups is 3. The van der Waals surface area contributed by atoms with Crippen LogP contribution in [0.1, 0.15) is 65.9 Å². The normalized spacial score (nSPS) is 23.6. The monoisotopic (exact) mass is 461 g/mol. The van der Waals surface area contributed by atoms with E-state index in [9.17, 15) is 14.4 Å². The van der Waals surface area contributed by atoms with Crippen molar-refractivity contribution in [3.63, 3.8) is 0 Å². The molecule has 7 nitrogen and oxygen atoms in total. The molecule has 178 valence electrons. The molecule has 2 aliphatic carbocycles. The number of benzene rings is 1. The number of amides is 2. The summed E-state index contributed by atoms with van der Waals surface area (Å²) in [5, 5.41) is 0. The van der Waals surface area contributed by atoms with Crippen molar-refractivity contribution < 1.29 is 19.1 Å². The molecule has 1 saturated carbocycles. The molecule has 0 unspecified atom stereocenters. The number of ether oxygens (including phenoxy) is 1. The summed E-state index contributed by atoms with van der Waals surface area (Å²) in [6.07, 6.45) is 8.81. The average molecular weight is 462 g/mol. The number of carbonyl (C=O) groups excluding carboxylic acids is 3. The van der Waals surface area contributed by atoms with E-state index in [-0.39, 0.29) is 42.7 Å². The zero-order valence-corrected chi connectivity index (χ0v) is 19.4. The Hall–Kier alpha value is -3.06. The third kappa shape index (κ3) is 4.75. The van der Waals surface area contributed by atoms with Gasteiger partial charge in [0.1, 0.15) is 0 Å². The van der Waals surface area contributed by atoms with Crippen LogP contribution >= 0.6 is 0 Å². The summed E-state index contributed by atoms with van der Waals surface area (Å²) in [5.41, 5.74) is 2.34. The lowest BCUT2D eigenvalue weighted by Gasteiger charge is -2.34. The van der Waals surface area contributed by atoms with E-state index in [0.29, 0.717) is 25.3 Å². The molecule has 0 spiro atoms. The lowest BCUT2D eigenvalue weighted by Crippen LogP contribution is -2.46. The lowest BCUT2D eigenvalue weighted by molar-refractivity contribution is -0.140. The van der Waals surface area contributed by atoms with E-state index in [1.54, 1.807) is 23.4 Å². The molecule has 2 heterocycles. The summed E-state index contributed by atoms with van der Waals surface area (Å²) in [6, 6.07) is 11.3. The van der Waals surface area contributed by atoms with Crippen molar-refractivity contribution in [3.8, 4) is 0 Å². The highest BCUT2D eigenvalue weighted by Gasteiger charge is 2.40.